The summed E-state index contributed by atoms with van der Waals surface area (Å²) in [5.41, 5.74) is 2.50. The van der Waals surface area contributed by atoms with E-state index in [-0.39, 0.29) is 0 Å². The van der Waals surface area contributed by atoms with E-state index in [1.54, 1.807) is 0 Å². The molecule has 0 amide bonds. The summed E-state index contributed by atoms with van der Waals surface area (Å²) >= 11 is 5.25. The van der Waals surface area contributed by atoms with Crippen LogP contribution in [0, 0.1) is 0 Å². The van der Waals surface area contributed by atoms with E-state index in [0.29, 0.717) is 5.11 Å². The molecule has 0 fully saturated rings. The van der Waals surface area contributed by atoms with Gasteiger partial charge in [-0.3, -0.25) is 0 Å². The first-order valence-electron chi connectivity index (χ1n) is 7.45. The Bertz CT molecular complexity index is 567. The molecule has 0 bridgehead atoms. The Labute approximate surface area is 131 Å². The van der Waals surface area contributed by atoms with Gasteiger partial charge in [-0.1, -0.05) is 18.2 Å². The lowest BCUT2D eigenvalue weighted by molar-refractivity contribution is 0.145. The molecule has 0 aliphatic heterocycles. The molecular formula is C16H23N3OS. The van der Waals surface area contributed by atoms with Crippen LogP contribution in [-0.4, -0.2) is 36.4 Å². The van der Waals surface area contributed by atoms with Gasteiger partial charge in [0.1, 0.15) is 0 Å². The lowest BCUT2D eigenvalue weighted by atomic mass is 10.1. The van der Waals surface area contributed by atoms with Gasteiger partial charge in [0.25, 0.3) is 0 Å². The number of ether oxygens (including phenoxy) is 1. The number of benzene rings is 1. The SMILES string of the molecule is CCOCCCNC(=S)NCCc1c[nH]c2ccccc12. The van der Waals surface area contributed by atoms with Gasteiger partial charge in [0.05, 0.1) is 0 Å². The van der Waals surface area contributed by atoms with E-state index in [4.69, 9.17) is 17.0 Å². The van der Waals surface area contributed by atoms with E-state index in [2.05, 4.69) is 40.0 Å². The van der Waals surface area contributed by atoms with Crippen molar-refractivity contribution in [3.05, 3.63) is 36.0 Å². The zero-order valence-electron chi connectivity index (χ0n) is 12.4. The maximum atomic E-state index is 5.28. The summed E-state index contributed by atoms with van der Waals surface area (Å²) in [5.74, 6) is 0. The maximum Gasteiger partial charge on any atom is 0.166 e. The van der Waals surface area contributed by atoms with Crippen molar-refractivity contribution < 1.29 is 4.74 Å². The fraction of sp³-hybridized carbons (Fsp3) is 0.438. The number of aromatic nitrogens is 1. The molecule has 0 spiro atoms. The Morgan fingerprint density at radius 2 is 2.05 bits per heavy atom. The van der Waals surface area contributed by atoms with E-state index < -0.39 is 0 Å². The van der Waals surface area contributed by atoms with Gasteiger partial charge in [-0.25, -0.2) is 0 Å². The number of H-pyrrole nitrogens is 1. The van der Waals surface area contributed by atoms with Crippen molar-refractivity contribution in [2.75, 3.05) is 26.3 Å². The molecule has 0 atom stereocenters. The van der Waals surface area contributed by atoms with Crippen LogP contribution in [0.1, 0.15) is 18.9 Å². The van der Waals surface area contributed by atoms with Crippen LogP contribution < -0.4 is 10.6 Å². The highest BCUT2D eigenvalue weighted by atomic mass is 32.1. The predicted octanol–water partition coefficient (Wildman–Crippen LogP) is 2.60. The molecule has 4 nitrogen and oxygen atoms in total. The molecule has 0 saturated carbocycles. The summed E-state index contributed by atoms with van der Waals surface area (Å²) in [6.45, 7) is 5.23. The van der Waals surface area contributed by atoms with Gasteiger partial charge in [0.15, 0.2) is 5.11 Å². The maximum absolute atomic E-state index is 5.28. The number of nitrogens with one attached hydrogen (secondary N) is 3. The minimum absolute atomic E-state index is 0.714. The first-order chi connectivity index (χ1) is 10.3. The van der Waals surface area contributed by atoms with Gasteiger partial charge in [-0.05, 0) is 43.6 Å². The second kappa shape index (κ2) is 8.64. The Morgan fingerprint density at radius 1 is 1.24 bits per heavy atom. The molecule has 0 saturated heterocycles. The van der Waals surface area contributed by atoms with Crippen molar-refractivity contribution in [2.24, 2.45) is 0 Å². The summed E-state index contributed by atoms with van der Waals surface area (Å²) in [4.78, 5) is 3.29. The molecule has 0 aliphatic rings. The van der Waals surface area contributed by atoms with Crippen molar-refractivity contribution >= 4 is 28.2 Å². The van der Waals surface area contributed by atoms with E-state index in [1.165, 1.54) is 16.5 Å². The van der Waals surface area contributed by atoms with Crippen LogP contribution in [0.2, 0.25) is 0 Å². The molecule has 2 aromatic rings. The van der Waals surface area contributed by atoms with Crippen LogP contribution in [0.5, 0.6) is 0 Å². The molecule has 0 radical (unpaired) electrons. The zero-order chi connectivity index (χ0) is 14.9. The molecule has 0 aliphatic carbocycles. The van der Waals surface area contributed by atoms with Gasteiger partial charge in [0.2, 0.25) is 0 Å². The monoisotopic (exact) mass is 305 g/mol. The molecule has 0 unspecified atom stereocenters. The van der Waals surface area contributed by atoms with Crippen molar-refractivity contribution in [2.45, 2.75) is 19.8 Å². The third-order valence-electron chi connectivity index (χ3n) is 3.31. The molecule has 5 heteroatoms. The van der Waals surface area contributed by atoms with Crippen LogP contribution in [0.15, 0.2) is 30.5 Å². The molecule has 114 valence electrons. The molecular weight excluding hydrogens is 282 g/mol. The minimum Gasteiger partial charge on any atom is -0.382 e. The highest BCUT2D eigenvalue weighted by Crippen LogP contribution is 2.17. The second-order valence-corrected chi connectivity index (χ2v) is 5.25. The average molecular weight is 305 g/mol. The van der Waals surface area contributed by atoms with E-state index in [0.717, 1.165) is 39.1 Å². The molecule has 3 N–H and O–H groups in total. The molecule has 1 aromatic carbocycles. The summed E-state index contributed by atoms with van der Waals surface area (Å²) in [6.07, 6.45) is 3.99. The topological polar surface area (TPSA) is 49.1 Å². The molecule has 1 heterocycles. The molecule has 1 aromatic heterocycles. The van der Waals surface area contributed by atoms with Crippen molar-refractivity contribution in [3.63, 3.8) is 0 Å². The first kappa shape index (κ1) is 15.8. The average Bonchev–Trinajstić information content (AvgIpc) is 2.91. The summed E-state index contributed by atoms with van der Waals surface area (Å²) in [7, 11) is 0. The van der Waals surface area contributed by atoms with Crippen LogP contribution in [0.25, 0.3) is 10.9 Å². The number of fused-ring (bicyclic) bond motifs is 1. The van der Waals surface area contributed by atoms with Gasteiger partial charge < -0.3 is 20.4 Å². The third-order valence-corrected chi connectivity index (χ3v) is 3.60. The van der Waals surface area contributed by atoms with Gasteiger partial charge in [-0.15, -0.1) is 0 Å². The standard InChI is InChI=1S/C16H23N3OS/c1-2-20-11-5-9-17-16(21)18-10-8-13-12-19-15-7-4-3-6-14(13)15/h3-4,6-7,12,19H,2,5,8-11H2,1H3,(H2,17,18,21). The van der Waals surface area contributed by atoms with Crippen LogP contribution in [-0.2, 0) is 11.2 Å². The first-order valence-corrected chi connectivity index (χ1v) is 7.86. The number of rotatable bonds is 8. The number of hydrogen-bond donors (Lipinski definition) is 3. The Kier molecular flexibility index (Phi) is 6.50. The summed E-state index contributed by atoms with van der Waals surface area (Å²) in [6, 6.07) is 8.35. The van der Waals surface area contributed by atoms with Gasteiger partial charge >= 0.3 is 0 Å². The summed E-state index contributed by atoms with van der Waals surface area (Å²) < 4.78 is 5.28. The highest BCUT2D eigenvalue weighted by molar-refractivity contribution is 7.80. The Morgan fingerprint density at radius 3 is 2.90 bits per heavy atom. The predicted molar refractivity (Wildman–Crippen MR) is 91.7 cm³/mol. The lowest BCUT2D eigenvalue weighted by Crippen LogP contribution is -2.37. The van der Waals surface area contributed by atoms with Crippen LogP contribution in [0.3, 0.4) is 0 Å². The zero-order valence-corrected chi connectivity index (χ0v) is 13.3. The van der Waals surface area contributed by atoms with E-state index >= 15 is 0 Å². The van der Waals surface area contributed by atoms with E-state index in [1.807, 2.05) is 13.0 Å². The van der Waals surface area contributed by atoms with Crippen molar-refractivity contribution in [1.29, 1.82) is 0 Å². The third kappa shape index (κ3) is 5.02. The van der Waals surface area contributed by atoms with Gasteiger partial charge in [0, 0.05) is 43.4 Å². The Balaban J connectivity index is 1.66. The number of para-hydroxylation sites is 1. The highest BCUT2D eigenvalue weighted by Gasteiger charge is 2.02. The Hall–Kier alpha value is -1.59. The second-order valence-electron chi connectivity index (χ2n) is 4.84. The number of thiocarbonyl (C=S) groups is 1. The van der Waals surface area contributed by atoms with Crippen LogP contribution in [0.4, 0.5) is 0 Å². The molecule has 21 heavy (non-hydrogen) atoms. The fourth-order valence-corrected chi connectivity index (χ4v) is 2.44. The fourth-order valence-electron chi connectivity index (χ4n) is 2.23. The summed E-state index contributed by atoms with van der Waals surface area (Å²) in [5, 5.41) is 8.43. The molecule has 2 rings (SSSR count). The van der Waals surface area contributed by atoms with Crippen molar-refractivity contribution in [3.8, 4) is 0 Å². The van der Waals surface area contributed by atoms with Crippen molar-refractivity contribution in [1.82, 2.24) is 15.6 Å². The van der Waals surface area contributed by atoms with E-state index in [9.17, 15) is 0 Å². The quantitative estimate of drug-likeness (QED) is 0.518. The number of hydrogen-bond acceptors (Lipinski definition) is 2. The van der Waals surface area contributed by atoms with Crippen LogP contribution >= 0.6 is 12.2 Å². The smallest absolute Gasteiger partial charge is 0.166 e. The normalized spacial score (nSPS) is 10.7. The largest absolute Gasteiger partial charge is 0.382 e. The number of aromatic amines is 1. The lowest BCUT2D eigenvalue weighted by Gasteiger charge is -2.10. The van der Waals surface area contributed by atoms with Gasteiger partial charge in [-0.2, -0.15) is 0 Å². The minimum atomic E-state index is 0.714.